The van der Waals surface area contributed by atoms with Crippen molar-refractivity contribution in [1.82, 2.24) is 0 Å². The number of amidine groups is 1. The number of anilines is 1. The summed E-state index contributed by atoms with van der Waals surface area (Å²) in [6.07, 6.45) is 0. The summed E-state index contributed by atoms with van der Waals surface area (Å²) in [4.78, 5) is 0. The summed E-state index contributed by atoms with van der Waals surface area (Å²) in [5.41, 5.74) is 4.41. The fourth-order valence-corrected chi connectivity index (χ4v) is 1.33. The van der Waals surface area contributed by atoms with Gasteiger partial charge >= 0.3 is 16.5 Å². The van der Waals surface area contributed by atoms with Crippen molar-refractivity contribution in [2.24, 2.45) is 15.3 Å². The smallest absolute Gasteiger partial charge is 0.737 e. The van der Waals surface area contributed by atoms with Gasteiger partial charge in [-0.3, -0.25) is 5.43 Å². The Kier molecular flexibility index (Phi) is 6.71. The third kappa shape index (κ3) is 5.59. The molecule has 0 aliphatic carbocycles. The van der Waals surface area contributed by atoms with Gasteiger partial charge in [0.05, 0.1) is 16.5 Å². The summed E-state index contributed by atoms with van der Waals surface area (Å²) in [5, 5.41) is 11.9. The maximum atomic E-state index is 4.96. The van der Waals surface area contributed by atoms with E-state index in [0.717, 1.165) is 11.4 Å². The fraction of sp³-hybridized carbons (Fsp3) is 0. The first-order chi connectivity index (χ1) is 8.84. The van der Waals surface area contributed by atoms with E-state index < -0.39 is 0 Å². The van der Waals surface area contributed by atoms with E-state index >= 15 is 0 Å². The first-order valence-electron chi connectivity index (χ1n) is 5.37. The molecule has 0 radical (unpaired) electrons. The minimum atomic E-state index is 0. The van der Waals surface area contributed by atoms with Crippen LogP contribution in [0.5, 0.6) is 0 Å². The van der Waals surface area contributed by atoms with Gasteiger partial charge in [0.1, 0.15) is 0 Å². The van der Waals surface area contributed by atoms with Gasteiger partial charge in [0.2, 0.25) is 0 Å². The van der Waals surface area contributed by atoms with Gasteiger partial charge < -0.3 is 12.6 Å². The van der Waals surface area contributed by atoms with Crippen LogP contribution >= 0.6 is 0 Å². The molecule has 0 bridgehead atoms. The number of hydrogen-bond donors (Lipinski definition) is 1. The van der Waals surface area contributed by atoms with Crippen LogP contribution in [0.4, 0.5) is 11.4 Å². The summed E-state index contributed by atoms with van der Waals surface area (Å²) in [6, 6.07) is 18.9. The third-order valence-electron chi connectivity index (χ3n) is 2.06. The monoisotopic (exact) mass is 313 g/mol. The van der Waals surface area contributed by atoms with Gasteiger partial charge in [0.25, 0.3) is 0 Å². The average molecular weight is 314 g/mol. The second kappa shape index (κ2) is 8.35. The molecule has 2 aromatic carbocycles. The fourth-order valence-electron chi connectivity index (χ4n) is 1.24. The van der Waals surface area contributed by atoms with Crippen LogP contribution in [-0.4, -0.2) is 5.17 Å². The van der Waals surface area contributed by atoms with E-state index in [-0.39, 0.29) is 21.7 Å². The standard InChI is InChI=1S/C13H12N4S.Ni/c18-13(16-14-11-7-3-1-4-8-11)17-15-12-9-5-2-6-10-12;/h1-10,14H,(H,16,18);/q;+2/p-1. The van der Waals surface area contributed by atoms with Gasteiger partial charge in [-0.2, -0.15) is 15.3 Å². The van der Waals surface area contributed by atoms with Crippen LogP contribution in [0.3, 0.4) is 0 Å². The van der Waals surface area contributed by atoms with Crippen molar-refractivity contribution >= 4 is 29.2 Å². The largest absolute Gasteiger partial charge is 2.00 e. The topological polar surface area (TPSA) is 49.1 Å². The Morgan fingerprint density at radius 2 is 1.47 bits per heavy atom. The van der Waals surface area contributed by atoms with Gasteiger partial charge in [0, 0.05) is 0 Å². The summed E-state index contributed by atoms with van der Waals surface area (Å²) >= 11 is 4.96. The molecule has 0 spiro atoms. The van der Waals surface area contributed by atoms with Gasteiger partial charge in [-0.15, -0.1) is 0 Å². The Balaban J connectivity index is 0.00000180. The summed E-state index contributed by atoms with van der Waals surface area (Å²) in [5.74, 6) is 0. The molecule has 0 aliphatic heterocycles. The van der Waals surface area contributed by atoms with E-state index in [1.807, 2.05) is 60.7 Å². The van der Waals surface area contributed by atoms with Crippen LogP contribution in [0.1, 0.15) is 0 Å². The molecule has 4 nitrogen and oxygen atoms in total. The zero-order valence-corrected chi connectivity index (χ0v) is 11.6. The SMILES string of the molecule is [Ni+2].[S-]/C(N=Nc1ccccc1)=N\Nc1ccccc1. The van der Waals surface area contributed by atoms with Crippen molar-refractivity contribution in [2.45, 2.75) is 0 Å². The van der Waals surface area contributed by atoms with Crippen molar-refractivity contribution in [3.8, 4) is 0 Å². The molecule has 0 heterocycles. The molecule has 0 saturated heterocycles. The summed E-state index contributed by atoms with van der Waals surface area (Å²) in [6.45, 7) is 0. The van der Waals surface area contributed by atoms with Crippen LogP contribution < -0.4 is 5.43 Å². The Labute approximate surface area is 127 Å². The molecule has 1 N–H and O–H groups in total. The van der Waals surface area contributed by atoms with Crippen molar-refractivity contribution in [3.63, 3.8) is 0 Å². The van der Waals surface area contributed by atoms with E-state index in [1.165, 1.54) is 0 Å². The van der Waals surface area contributed by atoms with Crippen molar-refractivity contribution < 1.29 is 16.5 Å². The molecule has 0 aliphatic rings. The zero-order valence-electron chi connectivity index (χ0n) is 9.84. The van der Waals surface area contributed by atoms with E-state index in [1.54, 1.807) is 0 Å². The van der Waals surface area contributed by atoms with E-state index in [4.69, 9.17) is 12.6 Å². The van der Waals surface area contributed by atoms with Crippen LogP contribution in [0.25, 0.3) is 0 Å². The average Bonchev–Trinajstić information content (AvgIpc) is 2.45. The number of azo groups is 1. The Morgan fingerprint density at radius 3 is 2.11 bits per heavy atom. The molecule has 6 heteroatoms. The second-order valence-electron chi connectivity index (χ2n) is 3.41. The maximum absolute atomic E-state index is 4.96. The molecule has 0 atom stereocenters. The van der Waals surface area contributed by atoms with Gasteiger partial charge in [-0.1, -0.05) is 36.4 Å². The third-order valence-corrected chi connectivity index (χ3v) is 2.23. The predicted molar refractivity (Wildman–Crippen MR) is 75.8 cm³/mol. The molecule has 0 fully saturated rings. The molecule has 19 heavy (non-hydrogen) atoms. The number of hydrogen-bond acceptors (Lipinski definition) is 4. The number of nitrogens with one attached hydrogen (secondary N) is 1. The molecule has 0 unspecified atom stereocenters. The Hall–Kier alpha value is -1.78. The Bertz CT molecular complexity index is 543. The van der Waals surface area contributed by atoms with Crippen LogP contribution in [0.2, 0.25) is 0 Å². The van der Waals surface area contributed by atoms with Crippen LogP contribution in [0.15, 0.2) is 76.0 Å². The number of benzene rings is 2. The van der Waals surface area contributed by atoms with Crippen LogP contribution in [-0.2, 0) is 29.1 Å². The summed E-state index contributed by atoms with van der Waals surface area (Å²) < 4.78 is 0. The van der Waals surface area contributed by atoms with E-state index in [0.29, 0.717) is 0 Å². The predicted octanol–water partition coefficient (Wildman–Crippen LogP) is 3.70. The van der Waals surface area contributed by atoms with Crippen molar-refractivity contribution in [2.75, 3.05) is 5.43 Å². The van der Waals surface area contributed by atoms with Crippen molar-refractivity contribution in [1.29, 1.82) is 0 Å². The van der Waals surface area contributed by atoms with Crippen LogP contribution in [0, 0.1) is 0 Å². The zero-order chi connectivity index (χ0) is 12.6. The normalized spacial score (nSPS) is 11.1. The number of para-hydroxylation sites is 1. The van der Waals surface area contributed by atoms with Gasteiger partial charge in [-0.05, 0) is 24.3 Å². The molecule has 98 valence electrons. The van der Waals surface area contributed by atoms with Gasteiger partial charge in [-0.25, -0.2) is 0 Å². The second-order valence-corrected chi connectivity index (χ2v) is 3.77. The molecule has 0 saturated carbocycles. The quantitative estimate of drug-likeness (QED) is 0.234. The molecule has 2 aromatic rings. The minimum absolute atomic E-state index is 0. The van der Waals surface area contributed by atoms with E-state index in [9.17, 15) is 0 Å². The number of hydrazone groups is 1. The minimum Gasteiger partial charge on any atom is -0.737 e. The first-order valence-corrected chi connectivity index (χ1v) is 5.78. The Morgan fingerprint density at radius 1 is 0.895 bits per heavy atom. The first kappa shape index (κ1) is 15.3. The molecule has 0 amide bonds. The molecular weight excluding hydrogens is 303 g/mol. The summed E-state index contributed by atoms with van der Waals surface area (Å²) in [7, 11) is 0. The molecule has 0 aromatic heterocycles. The molecule has 2 rings (SSSR count). The number of nitrogens with zero attached hydrogens (tertiary/aromatic N) is 3. The molecular formula is C13H11N4NiS+. The number of rotatable bonds is 3. The van der Waals surface area contributed by atoms with E-state index in [2.05, 4.69) is 20.8 Å². The maximum Gasteiger partial charge on any atom is 2.00 e. The van der Waals surface area contributed by atoms with Crippen molar-refractivity contribution in [3.05, 3.63) is 60.7 Å². The van der Waals surface area contributed by atoms with Gasteiger partial charge in [0.15, 0.2) is 0 Å².